The number of benzene rings is 1. The average Bonchev–Trinajstić information content (AvgIpc) is 3.23. The van der Waals surface area contributed by atoms with Gasteiger partial charge in [0, 0.05) is 26.2 Å². The van der Waals surface area contributed by atoms with E-state index in [4.69, 9.17) is 11.0 Å². The summed E-state index contributed by atoms with van der Waals surface area (Å²) in [6.07, 6.45) is 1.77. The van der Waals surface area contributed by atoms with E-state index >= 15 is 0 Å². The predicted molar refractivity (Wildman–Crippen MR) is 127 cm³/mol. The van der Waals surface area contributed by atoms with Crippen molar-refractivity contribution in [1.29, 1.82) is 5.26 Å². The lowest BCUT2D eigenvalue weighted by molar-refractivity contribution is 0.496. The number of nitrogens with two attached hydrogens (primary N) is 1. The van der Waals surface area contributed by atoms with E-state index in [1.54, 1.807) is 42.8 Å². The average molecular weight is 464 g/mol. The lowest BCUT2D eigenvalue weighted by atomic mass is 10.1. The Balaban J connectivity index is 1.94. The highest BCUT2D eigenvalue weighted by molar-refractivity contribution is 5.75. The summed E-state index contributed by atoms with van der Waals surface area (Å²) in [5, 5.41) is 9.06. The van der Waals surface area contributed by atoms with Gasteiger partial charge in [0.25, 0.3) is 5.56 Å². The van der Waals surface area contributed by atoms with Crippen molar-refractivity contribution < 1.29 is 4.39 Å². The van der Waals surface area contributed by atoms with Gasteiger partial charge in [-0.15, -0.1) is 0 Å². The van der Waals surface area contributed by atoms with Gasteiger partial charge in [0.05, 0.1) is 24.2 Å². The zero-order chi connectivity index (χ0) is 24.4. The number of aryl methyl sites for hydroxylation is 1. The number of anilines is 1. The highest BCUT2D eigenvalue weighted by atomic mass is 19.1. The van der Waals surface area contributed by atoms with Crippen molar-refractivity contribution in [1.82, 2.24) is 18.7 Å². The Bertz CT molecular complexity index is 1430. The molecular weight excluding hydrogens is 437 g/mol. The lowest BCUT2D eigenvalue weighted by Gasteiger charge is -2.31. The molecule has 1 aromatic carbocycles. The molecule has 10 heteroatoms. The lowest BCUT2D eigenvalue weighted by Crippen LogP contribution is -2.44. The normalized spacial score (nSPS) is 16.7. The van der Waals surface area contributed by atoms with Gasteiger partial charge in [0.15, 0.2) is 11.2 Å². The molecule has 1 aliphatic rings. The van der Waals surface area contributed by atoms with Crippen molar-refractivity contribution in [3.05, 3.63) is 56.2 Å². The molecule has 2 atom stereocenters. The van der Waals surface area contributed by atoms with Gasteiger partial charge in [-0.3, -0.25) is 18.5 Å². The number of nitrogens with zero attached hydrogens (tertiary/aromatic N) is 6. The molecule has 0 saturated carbocycles. The van der Waals surface area contributed by atoms with E-state index in [0.717, 1.165) is 12.8 Å². The van der Waals surface area contributed by atoms with Crippen LogP contribution in [0.4, 0.5) is 10.3 Å². The van der Waals surface area contributed by atoms with Gasteiger partial charge in [-0.1, -0.05) is 24.0 Å². The number of hydrogen-bond acceptors (Lipinski definition) is 6. The molecule has 0 aliphatic carbocycles. The molecule has 1 unspecified atom stereocenters. The molecule has 0 spiro atoms. The first-order valence-electron chi connectivity index (χ1n) is 11.1. The predicted octanol–water partition coefficient (Wildman–Crippen LogP) is 1.28. The Morgan fingerprint density at radius 3 is 2.65 bits per heavy atom. The summed E-state index contributed by atoms with van der Waals surface area (Å²) < 4.78 is 16.9. The number of imidazole rings is 1. The van der Waals surface area contributed by atoms with Gasteiger partial charge >= 0.3 is 5.69 Å². The summed E-state index contributed by atoms with van der Waals surface area (Å²) in [6, 6.07) is 8.19. The van der Waals surface area contributed by atoms with Crippen LogP contribution < -0.4 is 21.9 Å². The maximum atomic E-state index is 13.7. The van der Waals surface area contributed by atoms with Gasteiger partial charge in [-0.25, -0.2) is 9.18 Å². The molecule has 1 fully saturated rings. The molecule has 0 radical (unpaired) electrons. The van der Waals surface area contributed by atoms with Gasteiger partial charge in [0.2, 0.25) is 5.95 Å². The molecule has 1 saturated heterocycles. The van der Waals surface area contributed by atoms with Crippen LogP contribution in [0, 0.1) is 23.2 Å². The first-order chi connectivity index (χ1) is 16.4. The van der Waals surface area contributed by atoms with Crippen molar-refractivity contribution >= 4 is 17.1 Å². The second-order valence-corrected chi connectivity index (χ2v) is 8.43. The van der Waals surface area contributed by atoms with E-state index < -0.39 is 24.0 Å². The van der Waals surface area contributed by atoms with Gasteiger partial charge < -0.3 is 10.6 Å². The van der Waals surface area contributed by atoms with Crippen LogP contribution >= 0.6 is 0 Å². The fourth-order valence-corrected chi connectivity index (χ4v) is 4.42. The van der Waals surface area contributed by atoms with E-state index in [0.29, 0.717) is 30.2 Å². The molecule has 4 rings (SSSR count). The monoisotopic (exact) mass is 463 g/mol. The number of alkyl halides is 1. The molecule has 176 valence electrons. The largest absolute Gasteiger partial charge is 0.341 e. The van der Waals surface area contributed by atoms with Crippen LogP contribution in [0.1, 0.15) is 36.9 Å². The summed E-state index contributed by atoms with van der Waals surface area (Å²) in [6.45, 7) is 2.28. The molecule has 1 aliphatic heterocycles. The third-order valence-corrected chi connectivity index (χ3v) is 6.24. The topological polar surface area (TPSA) is 115 Å². The van der Waals surface area contributed by atoms with Gasteiger partial charge in [-0.05, 0) is 37.5 Å². The van der Waals surface area contributed by atoms with Crippen molar-refractivity contribution in [3.8, 4) is 17.9 Å². The fraction of sp³-hybridized carbons (Fsp3) is 0.417. The first-order valence-corrected chi connectivity index (χ1v) is 11.1. The quantitative estimate of drug-likeness (QED) is 0.583. The van der Waals surface area contributed by atoms with E-state index in [1.165, 1.54) is 9.13 Å². The van der Waals surface area contributed by atoms with Gasteiger partial charge in [-0.2, -0.15) is 10.2 Å². The maximum Gasteiger partial charge on any atom is 0.333 e. The fourth-order valence-electron chi connectivity index (χ4n) is 4.42. The van der Waals surface area contributed by atoms with Crippen LogP contribution in [0.3, 0.4) is 0 Å². The molecule has 34 heavy (non-hydrogen) atoms. The third kappa shape index (κ3) is 4.09. The number of piperidine rings is 1. The molecule has 2 aromatic heterocycles. The Morgan fingerprint density at radius 1 is 1.26 bits per heavy atom. The number of halogens is 1. The van der Waals surface area contributed by atoms with Crippen LogP contribution in [0.5, 0.6) is 0 Å². The van der Waals surface area contributed by atoms with E-state index in [2.05, 4.69) is 22.9 Å². The summed E-state index contributed by atoms with van der Waals surface area (Å²) in [4.78, 5) is 33.6. The van der Waals surface area contributed by atoms with Crippen molar-refractivity contribution in [3.63, 3.8) is 0 Å². The van der Waals surface area contributed by atoms with E-state index in [1.807, 2.05) is 4.90 Å². The SMILES string of the molecule is CC(c1ccc(C#N)cc1)n1c(=O)c2c(nc(N3CCC[C@@H](N)C3)n2CC#CCF)n(C)c1=O. The van der Waals surface area contributed by atoms with Crippen LogP contribution in [-0.4, -0.2) is 44.5 Å². The second-order valence-electron chi connectivity index (χ2n) is 8.43. The molecule has 0 bridgehead atoms. The zero-order valence-electron chi connectivity index (χ0n) is 19.2. The summed E-state index contributed by atoms with van der Waals surface area (Å²) >= 11 is 0. The minimum atomic E-state index is -0.797. The molecule has 9 nitrogen and oxygen atoms in total. The molecule has 2 N–H and O–H groups in total. The number of aromatic nitrogens is 4. The Labute approximate surface area is 195 Å². The molecule has 3 heterocycles. The smallest absolute Gasteiger partial charge is 0.333 e. The van der Waals surface area contributed by atoms with Crippen molar-refractivity contribution in [2.24, 2.45) is 12.8 Å². The highest BCUT2D eigenvalue weighted by Crippen LogP contribution is 2.24. The standard InChI is InChI=1S/C24H26FN7O2/c1-16(18-9-7-17(14-26)8-10-18)32-22(33)20-21(29(2)24(32)34)28-23(31(20)13-4-3-11-25)30-12-5-6-19(27)15-30/h7-10,16,19H,5-6,11-13,15,27H2,1-2H3/t16?,19-/m1/s1. The van der Waals surface area contributed by atoms with Crippen molar-refractivity contribution in [2.75, 3.05) is 24.7 Å². The third-order valence-electron chi connectivity index (χ3n) is 6.24. The summed E-state index contributed by atoms with van der Waals surface area (Å²) in [5.74, 6) is 5.64. The Kier molecular flexibility index (Phi) is 6.53. The van der Waals surface area contributed by atoms with E-state index in [-0.39, 0.29) is 23.8 Å². The minimum absolute atomic E-state index is 0.0316. The zero-order valence-corrected chi connectivity index (χ0v) is 19.2. The molecule has 3 aromatic rings. The van der Waals surface area contributed by atoms with Gasteiger partial charge in [0.1, 0.15) is 6.67 Å². The number of fused-ring (bicyclic) bond motifs is 1. The number of hydrogen-bond donors (Lipinski definition) is 1. The Hall–Kier alpha value is -3.89. The maximum absolute atomic E-state index is 13.7. The van der Waals surface area contributed by atoms with Crippen LogP contribution in [0.15, 0.2) is 33.9 Å². The van der Waals surface area contributed by atoms with Crippen molar-refractivity contribution in [2.45, 2.75) is 38.4 Å². The van der Waals surface area contributed by atoms with Crippen LogP contribution in [0.25, 0.3) is 11.2 Å². The first kappa shape index (κ1) is 23.3. The van der Waals surface area contributed by atoms with Crippen LogP contribution in [-0.2, 0) is 13.6 Å². The van der Waals surface area contributed by atoms with E-state index in [9.17, 15) is 14.0 Å². The molecule has 0 amide bonds. The highest BCUT2D eigenvalue weighted by Gasteiger charge is 2.27. The van der Waals surface area contributed by atoms with Crippen LogP contribution in [0.2, 0.25) is 0 Å². The second kappa shape index (κ2) is 9.54. The number of nitriles is 1. The molecular formula is C24H26FN7O2. The minimum Gasteiger partial charge on any atom is -0.341 e. The summed E-state index contributed by atoms with van der Waals surface area (Å²) in [7, 11) is 1.57. The Morgan fingerprint density at radius 2 is 2.00 bits per heavy atom. The summed E-state index contributed by atoms with van der Waals surface area (Å²) in [5.41, 5.74) is 6.83. The number of rotatable bonds is 4.